The molecule has 1 saturated heterocycles. The van der Waals surface area contributed by atoms with Crippen LogP contribution in [0.4, 0.5) is 0 Å². The van der Waals surface area contributed by atoms with Crippen LogP contribution in [-0.2, 0) is 14.8 Å². The molecule has 8 heteroatoms. The van der Waals surface area contributed by atoms with Crippen LogP contribution >= 0.6 is 11.6 Å². The van der Waals surface area contributed by atoms with E-state index in [1.165, 1.54) is 22.5 Å². The number of morpholine rings is 1. The maximum atomic E-state index is 13.0. The average molecular weight is 345 g/mol. The van der Waals surface area contributed by atoms with E-state index in [0.717, 1.165) is 19.3 Å². The van der Waals surface area contributed by atoms with Crippen LogP contribution in [0, 0.1) is 0 Å². The molecule has 2 fully saturated rings. The zero-order valence-electron chi connectivity index (χ0n) is 11.9. The first-order valence-corrected chi connectivity index (χ1v) is 8.88. The third kappa shape index (κ3) is 2.52. The normalized spacial score (nSPS) is 21.5. The molecule has 2 N–H and O–H groups in total. The van der Waals surface area contributed by atoms with Crippen LogP contribution in [-0.4, -0.2) is 43.9 Å². The molecular weight excluding hydrogens is 328 g/mol. The highest BCUT2D eigenvalue weighted by atomic mass is 35.5. The molecule has 1 saturated carbocycles. The van der Waals surface area contributed by atoms with E-state index in [9.17, 15) is 13.2 Å². The van der Waals surface area contributed by atoms with Gasteiger partial charge in [0.15, 0.2) is 0 Å². The van der Waals surface area contributed by atoms with Gasteiger partial charge < -0.3 is 10.5 Å². The minimum Gasteiger partial charge on any atom is -0.378 e. The predicted octanol–water partition coefficient (Wildman–Crippen LogP) is 1.38. The van der Waals surface area contributed by atoms with Crippen LogP contribution in [0.5, 0.6) is 0 Å². The van der Waals surface area contributed by atoms with Gasteiger partial charge in [0.2, 0.25) is 15.9 Å². The van der Waals surface area contributed by atoms with Crippen molar-refractivity contribution in [2.45, 2.75) is 29.7 Å². The molecule has 1 aliphatic carbocycles. The molecule has 22 heavy (non-hydrogen) atoms. The highest BCUT2D eigenvalue weighted by Gasteiger charge is 2.50. The van der Waals surface area contributed by atoms with E-state index >= 15 is 0 Å². The molecule has 1 heterocycles. The van der Waals surface area contributed by atoms with Crippen molar-refractivity contribution in [1.82, 2.24) is 4.31 Å². The summed E-state index contributed by atoms with van der Waals surface area (Å²) in [6.45, 7) is 1.08. The van der Waals surface area contributed by atoms with Gasteiger partial charge >= 0.3 is 0 Å². The molecular formula is C14H17ClN2O4S. The van der Waals surface area contributed by atoms with Gasteiger partial charge in [-0.05, 0) is 37.5 Å². The van der Waals surface area contributed by atoms with Crippen LogP contribution < -0.4 is 5.73 Å². The zero-order chi connectivity index (χ0) is 16.0. The number of halogens is 1. The van der Waals surface area contributed by atoms with Crippen molar-refractivity contribution in [3.8, 4) is 0 Å². The van der Waals surface area contributed by atoms with Crippen LogP contribution in [0.3, 0.4) is 0 Å². The van der Waals surface area contributed by atoms with E-state index in [4.69, 9.17) is 22.1 Å². The molecule has 0 bridgehead atoms. The highest BCUT2D eigenvalue weighted by molar-refractivity contribution is 7.89. The molecule has 1 aliphatic heterocycles. The monoisotopic (exact) mass is 344 g/mol. The van der Waals surface area contributed by atoms with Gasteiger partial charge in [-0.25, -0.2) is 8.42 Å². The fourth-order valence-electron chi connectivity index (χ4n) is 3.05. The first-order valence-electron chi connectivity index (χ1n) is 7.06. The fraction of sp³-hybridized carbons (Fsp3) is 0.500. The Bertz CT molecular complexity index is 716. The van der Waals surface area contributed by atoms with Crippen LogP contribution in [0.15, 0.2) is 23.1 Å². The molecule has 2 aliphatic rings. The van der Waals surface area contributed by atoms with Crippen molar-refractivity contribution in [1.29, 1.82) is 0 Å². The summed E-state index contributed by atoms with van der Waals surface area (Å²) in [6.07, 6.45) is 2.56. The lowest BCUT2D eigenvalue weighted by molar-refractivity contribution is -0.0649. The molecule has 0 radical (unpaired) electrons. The van der Waals surface area contributed by atoms with E-state index in [2.05, 4.69) is 0 Å². The second-order valence-electron chi connectivity index (χ2n) is 5.75. The summed E-state index contributed by atoms with van der Waals surface area (Å²) in [6, 6.07) is 4.00. The number of carbonyl (C=O) groups excluding carboxylic acids is 1. The first-order chi connectivity index (χ1) is 10.3. The number of nitrogens with two attached hydrogens (primary N) is 1. The summed E-state index contributed by atoms with van der Waals surface area (Å²) in [5.41, 5.74) is 4.87. The Hall–Kier alpha value is -1.15. The summed E-state index contributed by atoms with van der Waals surface area (Å²) in [5, 5.41) is 0.172. The van der Waals surface area contributed by atoms with Crippen molar-refractivity contribution < 1.29 is 17.9 Å². The summed E-state index contributed by atoms with van der Waals surface area (Å²) >= 11 is 5.94. The van der Waals surface area contributed by atoms with Gasteiger partial charge in [-0.3, -0.25) is 4.79 Å². The van der Waals surface area contributed by atoms with Gasteiger partial charge in [-0.1, -0.05) is 11.6 Å². The fourth-order valence-corrected chi connectivity index (χ4v) is 5.22. The minimum atomic E-state index is -3.75. The Balaban J connectivity index is 2.04. The minimum absolute atomic E-state index is 0.00183. The van der Waals surface area contributed by atoms with E-state index in [1.54, 1.807) is 0 Å². The summed E-state index contributed by atoms with van der Waals surface area (Å²) in [5.74, 6) is -0.709. The molecule has 1 aromatic rings. The molecule has 0 atom stereocenters. The Morgan fingerprint density at radius 3 is 2.64 bits per heavy atom. The number of amides is 1. The van der Waals surface area contributed by atoms with Gasteiger partial charge in [0.25, 0.3) is 0 Å². The van der Waals surface area contributed by atoms with Crippen LogP contribution in [0.25, 0.3) is 0 Å². The number of carbonyl (C=O) groups is 1. The van der Waals surface area contributed by atoms with Crippen molar-refractivity contribution in [3.63, 3.8) is 0 Å². The number of hydrogen-bond donors (Lipinski definition) is 1. The zero-order valence-corrected chi connectivity index (χ0v) is 13.5. The average Bonchev–Trinajstić information content (AvgIpc) is 2.44. The summed E-state index contributed by atoms with van der Waals surface area (Å²) < 4.78 is 32.9. The summed E-state index contributed by atoms with van der Waals surface area (Å²) in [4.78, 5) is 11.3. The van der Waals surface area contributed by atoms with E-state index in [0.29, 0.717) is 19.8 Å². The summed E-state index contributed by atoms with van der Waals surface area (Å²) in [7, 11) is -3.75. The molecule has 1 amide bonds. The number of sulfonamides is 1. The number of ether oxygens (including phenoxy) is 1. The molecule has 120 valence electrons. The van der Waals surface area contributed by atoms with Gasteiger partial charge in [0, 0.05) is 17.1 Å². The highest BCUT2D eigenvalue weighted by Crippen LogP contribution is 2.42. The topological polar surface area (TPSA) is 89.7 Å². The number of primary amides is 1. The van der Waals surface area contributed by atoms with E-state index in [-0.39, 0.29) is 15.5 Å². The SMILES string of the molecule is NC(=O)c1cc(Cl)cc(S(=O)(=O)N2CCOCC23CCC3)c1. The van der Waals surface area contributed by atoms with Crippen molar-refractivity contribution in [2.24, 2.45) is 5.73 Å². The predicted molar refractivity (Wildman–Crippen MR) is 81.3 cm³/mol. The van der Waals surface area contributed by atoms with Crippen LogP contribution in [0.2, 0.25) is 5.02 Å². The van der Waals surface area contributed by atoms with Crippen molar-refractivity contribution >= 4 is 27.5 Å². The Morgan fingerprint density at radius 2 is 2.05 bits per heavy atom. The van der Waals surface area contributed by atoms with Gasteiger partial charge in [0.05, 0.1) is 23.6 Å². The van der Waals surface area contributed by atoms with Crippen molar-refractivity contribution in [3.05, 3.63) is 28.8 Å². The maximum absolute atomic E-state index is 13.0. The number of hydrogen-bond acceptors (Lipinski definition) is 4. The number of rotatable bonds is 3. The lowest BCUT2D eigenvalue weighted by Gasteiger charge is -2.51. The molecule has 1 spiro atoms. The van der Waals surface area contributed by atoms with Crippen LogP contribution in [0.1, 0.15) is 29.6 Å². The van der Waals surface area contributed by atoms with Gasteiger partial charge in [0.1, 0.15) is 0 Å². The first kappa shape index (κ1) is 15.7. The van der Waals surface area contributed by atoms with E-state index in [1.807, 2.05) is 0 Å². The standard InChI is InChI=1S/C14H17ClN2O4S/c15-11-6-10(13(16)18)7-12(8-11)22(19,20)17-4-5-21-9-14(17)2-1-3-14/h6-8H,1-5,9H2,(H2,16,18). The third-order valence-electron chi connectivity index (χ3n) is 4.37. The molecule has 3 rings (SSSR count). The molecule has 0 unspecified atom stereocenters. The van der Waals surface area contributed by atoms with Crippen molar-refractivity contribution in [2.75, 3.05) is 19.8 Å². The smallest absolute Gasteiger partial charge is 0.248 e. The lowest BCUT2D eigenvalue weighted by Crippen LogP contribution is -2.62. The Kier molecular flexibility index (Phi) is 3.92. The van der Waals surface area contributed by atoms with Gasteiger partial charge in [-0.15, -0.1) is 0 Å². The molecule has 1 aromatic carbocycles. The largest absolute Gasteiger partial charge is 0.378 e. The van der Waals surface area contributed by atoms with Gasteiger partial charge in [-0.2, -0.15) is 4.31 Å². The molecule has 0 aromatic heterocycles. The van der Waals surface area contributed by atoms with E-state index < -0.39 is 21.5 Å². The molecule has 6 nitrogen and oxygen atoms in total. The Morgan fingerprint density at radius 1 is 1.32 bits per heavy atom. The number of nitrogens with zero attached hydrogens (tertiary/aromatic N) is 1. The second-order valence-corrected chi connectivity index (χ2v) is 8.05. The second kappa shape index (κ2) is 5.49. The number of benzene rings is 1. The lowest BCUT2D eigenvalue weighted by atomic mass is 9.77. The maximum Gasteiger partial charge on any atom is 0.248 e. The Labute approximate surface area is 134 Å². The quantitative estimate of drug-likeness (QED) is 0.897. The third-order valence-corrected chi connectivity index (χ3v) is 6.57.